The molecule has 3 rings (SSSR count). The molecule has 0 fully saturated rings. The molecule has 0 aliphatic carbocycles. The number of H-pyrrole nitrogens is 1. The first-order valence-electron chi connectivity index (χ1n) is 6.33. The van der Waals surface area contributed by atoms with Gasteiger partial charge in [-0.2, -0.15) is 0 Å². The zero-order chi connectivity index (χ0) is 12.8. The first-order chi connectivity index (χ1) is 8.54. The Labute approximate surface area is 107 Å². The van der Waals surface area contributed by atoms with Gasteiger partial charge in [0.2, 0.25) is 5.90 Å². The zero-order valence-electron chi connectivity index (χ0n) is 11.0. The number of para-hydroxylation sites is 1. The van der Waals surface area contributed by atoms with Crippen LogP contribution < -0.4 is 0 Å². The molecule has 1 aromatic heterocycles. The van der Waals surface area contributed by atoms with Crippen LogP contribution in [0.15, 0.2) is 35.3 Å². The van der Waals surface area contributed by atoms with E-state index in [9.17, 15) is 0 Å². The number of aliphatic imine (C=N–C) groups is 1. The number of hydrogen-bond donors (Lipinski definition) is 1. The Morgan fingerprint density at radius 2 is 2.06 bits per heavy atom. The fourth-order valence-corrected chi connectivity index (χ4v) is 2.15. The van der Waals surface area contributed by atoms with E-state index < -0.39 is 0 Å². The van der Waals surface area contributed by atoms with E-state index in [0.717, 1.165) is 17.1 Å². The third-order valence-electron chi connectivity index (χ3n) is 3.41. The Morgan fingerprint density at radius 3 is 2.72 bits per heavy atom. The van der Waals surface area contributed by atoms with Crippen molar-refractivity contribution in [2.24, 2.45) is 10.4 Å². The van der Waals surface area contributed by atoms with Crippen molar-refractivity contribution in [1.29, 1.82) is 0 Å². The van der Waals surface area contributed by atoms with Crippen LogP contribution in [-0.2, 0) is 4.74 Å². The van der Waals surface area contributed by atoms with Gasteiger partial charge in [0.1, 0.15) is 12.3 Å². The highest BCUT2D eigenvalue weighted by molar-refractivity contribution is 5.98. The smallest absolute Gasteiger partial charge is 0.233 e. The lowest BCUT2D eigenvalue weighted by Gasteiger charge is -2.21. The topological polar surface area (TPSA) is 37.4 Å². The van der Waals surface area contributed by atoms with Gasteiger partial charge >= 0.3 is 0 Å². The molecule has 3 nitrogen and oxygen atoms in total. The highest BCUT2D eigenvalue weighted by Crippen LogP contribution is 2.27. The maximum atomic E-state index is 5.73. The lowest BCUT2D eigenvalue weighted by atomic mass is 9.88. The Hall–Kier alpha value is -1.77. The molecule has 1 atom stereocenters. The summed E-state index contributed by atoms with van der Waals surface area (Å²) >= 11 is 0. The predicted octanol–water partition coefficient (Wildman–Crippen LogP) is 3.36. The molecule has 2 heterocycles. The molecule has 94 valence electrons. The molecule has 1 aromatic carbocycles. The van der Waals surface area contributed by atoms with Gasteiger partial charge in [-0.05, 0) is 17.5 Å². The van der Waals surface area contributed by atoms with E-state index in [0.29, 0.717) is 6.61 Å². The standard InChI is InChI=1S/C15H18N2O/c1-15(2,3)13-9-18-14(17-13)12-8-10-6-4-5-7-11(10)16-12/h4-8,13,16H,9H2,1-3H3/t13-/m1/s1. The predicted molar refractivity (Wildman–Crippen MR) is 74.0 cm³/mol. The van der Waals surface area contributed by atoms with Crippen LogP contribution in [0.1, 0.15) is 26.5 Å². The summed E-state index contributed by atoms with van der Waals surface area (Å²) in [6.45, 7) is 7.25. The molecule has 1 aliphatic rings. The second kappa shape index (κ2) is 3.87. The number of nitrogens with zero attached hydrogens (tertiary/aromatic N) is 1. The van der Waals surface area contributed by atoms with Crippen LogP contribution in [0.4, 0.5) is 0 Å². The van der Waals surface area contributed by atoms with Gasteiger partial charge in [-0.3, -0.25) is 0 Å². The summed E-state index contributed by atoms with van der Waals surface area (Å²) in [5.41, 5.74) is 2.24. The van der Waals surface area contributed by atoms with Crippen molar-refractivity contribution in [3.8, 4) is 0 Å². The summed E-state index contributed by atoms with van der Waals surface area (Å²) in [5.74, 6) is 0.742. The molecule has 0 unspecified atom stereocenters. The van der Waals surface area contributed by atoms with Crippen molar-refractivity contribution in [1.82, 2.24) is 4.98 Å². The Bertz CT molecular complexity index is 571. The minimum Gasteiger partial charge on any atom is -0.474 e. The van der Waals surface area contributed by atoms with Crippen molar-refractivity contribution >= 4 is 16.8 Å². The van der Waals surface area contributed by atoms with E-state index in [1.807, 2.05) is 12.1 Å². The van der Waals surface area contributed by atoms with E-state index in [2.05, 4.69) is 48.9 Å². The van der Waals surface area contributed by atoms with Gasteiger partial charge < -0.3 is 9.72 Å². The zero-order valence-corrected chi connectivity index (χ0v) is 11.0. The Kier molecular flexibility index (Phi) is 2.44. The van der Waals surface area contributed by atoms with E-state index in [-0.39, 0.29) is 11.5 Å². The SMILES string of the molecule is CC(C)(C)[C@H]1COC(c2cc3ccccc3[nH]2)=N1. The molecule has 0 amide bonds. The third kappa shape index (κ3) is 1.90. The molecule has 0 saturated carbocycles. The van der Waals surface area contributed by atoms with Crippen molar-refractivity contribution < 1.29 is 4.74 Å². The molecule has 0 radical (unpaired) electrons. The van der Waals surface area contributed by atoms with Gasteiger partial charge in [0.25, 0.3) is 0 Å². The summed E-state index contributed by atoms with van der Waals surface area (Å²) in [6, 6.07) is 10.5. The molecule has 18 heavy (non-hydrogen) atoms. The average Bonchev–Trinajstić information content (AvgIpc) is 2.94. The van der Waals surface area contributed by atoms with Crippen molar-refractivity contribution in [2.45, 2.75) is 26.8 Å². The van der Waals surface area contributed by atoms with Gasteiger partial charge in [0, 0.05) is 10.9 Å². The van der Waals surface area contributed by atoms with Gasteiger partial charge in [-0.1, -0.05) is 39.0 Å². The number of benzene rings is 1. The van der Waals surface area contributed by atoms with Crippen LogP contribution in [0.5, 0.6) is 0 Å². The normalized spacial score (nSPS) is 19.9. The third-order valence-corrected chi connectivity index (χ3v) is 3.41. The van der Waals surface area contributed by atoms with Crippen LogP contribution in [0, 0.1) is 5.41 Å². The number of aromatic nitrogens is 1. The van der Waals surface area contributed by atoms with Crippen LogP contribution >= 0.6 is 0 Å². The van der Waals surface area contributed by atoms with Crippen LogP contribution in [0.3, 0.4) is 0 Å². The van der Waals surface area contributed by atoms with Crippen LogP contribution in [0.2, 0.25) is 0 Å². The van der Waals surface area contributed by atoms with E-state index >= 15 is 0 Å². The van der Waals surface area contributed by atoms with Gasteiger partial charge in [0.15, 0.2) is 0 Å². The maximum absolute atomic E-state index is 5.73. The highest BCUT2D eigenvalue weighted by Gasteiger charge is 2.31. The van der Waals surface area contributed by atoms with E-state index in [4.69, 9.17) is 4.74 Å². The monoisotopic (exact) mass is 242 g/mol. The average molecular weight is 242 g/mol. The summed E-state index contributed by atoms with van der Waals surface area (Å²) in [5, 5.41) is 1.19. The molecular weight excluding hydrogens is 224 g/mol. The fraction of sp³-hybridized carbons (Fsp3) is 0.400. The minimum absolute atomic E-state index is 0.147. The first-order valence-corrected chi connectivity index (χ1v) is 6.33. The first kappa shape index (κ1) is 11.3. The largest absolute Gasteiger partial charge is 0.474 e. The molecule has 0 saturated heterocycles. The van der Waals surface area contributed by atoms with Gasteiger partial charge in [0.05, 0.1) is 6.04 Å². The second-order valence-electron chi connectivity index (χ2n) is 5.90. The molecule has 3 heteroatoms. The molecule has 0 bridgehead atoms. The molecule has 1 aliphatic heterocycles. The maximum Gasteiger partial charge on any atom is 0.233 e. The van der Waals surface area contributed by atoms with Crippen LogP contribution in [-0.4, -0.2) is 23.5 Å². The van der Waals surface area contributed by atoms with E-state index in [1.54, 1.807) is 0 Å². The second-order valence-corrected chi connectivity index (χ2v) is 5.90. The Balaban J connectivity index is 1.96. The van der Waals surface area contributed by atoms with Crippen molar-refractivity contribution in [3.63, 3.8) is 0 Å². The summed E-state index contributed by atoms with van der Waals surface area (Å²) in [7, 11) is 0. The number of hydrogen-bond acceptors (Lipinski definition) is 2. The molecule has 1 N–H and O–H groups in total. The quantitative estimate of drug-likeness (QED) is 0.818. The lowest BCUT2D eigenvalue weighted by Crippen LogP contribution is -2.25. The molecule has 0 spiro atoms. The highest BCUT2D eigenvalue weighted by atomic mass is 16.5. The summed E-state index contributed by atoms with van der Waals surface area (Å²) < 4.78 is 5.73. The minimum atomic E-state index is 0.147. The fourth-order valence-electron chi connectivity index (χ4n) is 2.15. The van der Waals surface area contributed by atoms with Crippen molar-refractivity contribution in [2.75, 3.05) is 6.61 Å². The summed E-state index contributed by atoms with van der Waals surface area (Å²) in [4.78, 5) is 8.04. The lowest BCUT2D eigenvalue weighted by molar-refractivity contribution is 0.235. The van der Waals surface area contributed by atoms with Gasteiger partial charge in [-0.25, -0.2) is 4.99 Å². The van der Waals surface area contributed by atoms with E-state index in [1.165, 1.54) is 5.39 Å². The number of aromatic amines is 1. The molecule has 2 aromatic rings. The number of fused-ring (bicyclic) bond motifs is 1. The molecular formula is C15H18N2O. The number of ether oxygens (including phenoxy) is 1. The van der Waals surface area contributed by atoms with Crippen molar-refractivity contribution in [3.05, 3.63) is 36.0 Å². The van der Waals surface area contributed by atoms with Gasteiger partial charge in [-0.15, -0.1) is 0 Å². The van der Waals surface area contributed by atoms with Crippen LogP contribution in [0.25, 0.3) is 10.9 Å². The number of nitrogens with one attached hydrogen (secondary N) is 1. The number of rotatable bonds is 1. The Morgan fingerprint density at radius 1 is 1.28 bits per heavy atom. The summed E-state index contributed by atoms with van der Waals surface area (Å²) in [6.07, 6.45) is 0.